The monoisotopic (exact) mass is 423 g/mol. The molecule has 0 unspecified atom stereocenters. The molecule has 3 aromatic carbocycles. The van der Waals surface area contributed by atoms with Gasteiger partial charge < -0.3 is 5.32 Å². The number of nitrogens with one attached hydrogen (secondary N) is 2. The second-order valence-electron chi connectivity index (χ2n) is 6.51. The van der Waals surface area contributed by atoms with Crippen molar-refractivity contribution in [3.8, 4) is 5.69 Å². The second kappa shape index (κ2) is 7.96. The van der Waals surface area contributed by atoms with E-state index in [9.17, 15) is 13.6 Å². The number of fused-ring (bicyclic) bond motifs is 1. The number of thiocarbonyl (C=S) groups is 1. The predicted molar refractivity (Wildman–Crippen MR) is 114 cm³/mol. The fourth-order valence-electron chi connectivity index (χ4n) is 2.86. The Morgan fingerprint density at radius 2 is 1.67 bits per heavy atom. The van der Waals surface area contributed by atoms with Gasteiger partial charge in [0.15, 0.2) is 5.11 Å². The third-order valence-corrected chi connectivity index (χ3v) is 4.58. The van der Waals surface area contributed by atoms with Crippen LogP contribution in [-0.2, 0) is 0 Å². The molecule has 9 heteroatoms. The Morgan fingerprint density at radius 1 is 1.00 bits per heavy atom. The quantitative estimate of drug-likeness (QED) is 0.485. The van der Waals surface area contributed by atoms with E-state index in [1.165, 1.54) is 35.1 Å². The number of aryl methyl sites for hydroxylation is 1. The minimum Gasteiger partial charge on any atom is -0.332 e. The molecule has 6 nitrogen and oxygen atoms in total. The second-order valence-corrected chi connectivity index (χ2v) is 6.92. The van der Waals surface area contributed by atoms with Gasteiger partial charge in [-0.25, -0.2) is 8.78 Å². The Bertz CT molecular complexity index is 1270. The van der Waals surface area contributed by atoms with Crippen molar-refractivity contribution in [3.63, 3.8) is 0 Å². The summed E-state index contributed by atoms with van der Waals surface area (Å²) in [7, 11) is 0. The Morgan fingerprint density at radius 3 is 2.37 bits per heavy atom. The van der Waals surface area contributed by atoms with Gasteiger partial charge in [0.1, 0.15) is 22.7 Å². The molecule has 2 N–H and O–H groups in total. The van der Waals surface area contributed by atoms with Crippen molar-refractivity contribution in [1.29, 1.82) is 0 Å². The standard InChI is InChI=1S/C21H15F2N5OS/c1-12-10-18-19(27-28(26-18)14-8-6-13(22)7-9-14)11-17(12)24-21(30)25-20(29)15-4-2-3-5-16(15)23/h2-11H,1H3,(H2,24,25,29,30). The van der Waals surface area contributed by atoms with Crippen LogP contribution in [0.2, 0.25) is 0 Å². The lowest BCUT2D eigenvalue weighted by Gasteiger charge is -2.12. The summed E-state index contributed by atoms with van der Waals surface area (Å²) < 4.78 is 26.9. The Balaban J connectivity index is 1.54. The van der Waals surface area contributed by atoms with Gasteiger partial charge >= 0.3 is 0 Å². The van der Waals surface area contributed by atoms with E-state index in [0.29, 0.717) is 22.4 Å². The van der Waals surface area contributed by atoms with Gasteiger partial charge in [-0.2, -0.15) is 4.80 Å². The molecule has 1 aromatic heterocycles. The smallest absolute Gasteiger partial charge is 0.260 e. The highest BCUT2D eigenvalue weighted by molar-refractivity contribution is 7.80. The van der Waals surface area contributed by atoms with Gasteiger partial charge in [-0.05, 0) is 73.2 Å². The molecule has 150 valence electrons. The third-order valence-electron chi connectivity index (χ3n) is 4.38. The molecule has 0 saturated carbocycles. The highest BCUT2D eigenvalue weighted by atomic mass is 32.1. The van der Waals surface area contributed by atoms with Crippen LogP contribution in [0.5, 0.6) is 0 Å². The highest BCUT2D eigenvalue weighted by Gasteiger charge is 2.14. The number of amides is 1. The maximum Gasteiger partial charge on any atom is 0.260 e. The molecule has 0 aliphatic carbocycles. The maximum atomic E-state index is 13.8. The predicted octanol–water partition coefficient (Wildman–Crippen LogP) is 4.13. The fourth-order valence-corrected chi connectivity index (χ4v) is 3.06. The van der Waals surface area contributed by atoms with Crippen molar-refractivity contribution in [3.05, 3.63) is 83.4 Å². The zero-order valence-corrected chi connectivity index (χ0v) is 16.5. The number of aromatic nitrogens is 3. The zero-order chi connectivity index (χ0) is 21.3. The van der Waals surface area contributed by atoms with Crippen LogP contribution < -0.4 is 10.6 Å². The van der Waals surface area contributed by atoms with Crippen molar-refractivity contribution in [2.45, 2.75) is 6.92 Å². The van der Waals surface area contributed by atoms with Gasteiger partial charge in [0.05, 0.1) is 11.3 Å². The SMILES string of the molecule is Cc1cc2nn(-c3ccc(F)cc3)nc2cc1NC(=S)NC(=O)c1ccccc1F. The molecular weight excluding hydrogens is 408 g/mol. The molecule has 0 aliphatic rings. The van der Waals surface area contributed by atoms with Crippen molar-refractivity contribution < 1.29 is 13.6 Å². The molecule has 0 radical (unpaired) electrons. The average molecular weight is 423 g/mol. The van der Waals surface area contributed by atoms with Gasteiger partial charge in [0, 0.05) is 5.69 Å². The normalized spacial score (nSPS) is 10.8. The van der Waals surface area contributed by atoms with Gasteiger partial charge in [0.25, 0.3) is 5.91 Å². The first-order valence-electron chi connectivity index (χ1n) is 8.91. The van der Waals surface area contributed by atoms with Crippen molar-refractivity contribution in [2.75, 3.05) is 5.32 Å². The number of halogens is 2. The van der Waals surface area contributed by atoms with Crippen LogP contribution in [0.4, 0.5) is 14.5 Å². The molecule has 0 atom stereocenters. The Kier molecular flexibility index (Phi) is 5.20. The summed E-state index contributed by atoms with van der Waals surface area (Å²) in [5.74, 6) is -1.62. The first-order valence-corrected chi connectivity index (χ1v) is 9.32. The van der Waals surface area contributed by atoms with Crippen LogP contribution in [0, 0.1) is 18.6 Å². The number of anilines is 1. The summed E-state index contributed by atoms with van der Waals surface area (Å²) in [4.78, 5) is 13.6. The zero-order valence-electron chi connectivity index (χ0n) is 15.7. The molecular formula is C21H15F2N5OS. The van der Waals surface area contributed by atoms with Gasteiger partial charge in [0.2, 0.25) is 0 Å². The molecule has 4 rings (SSSR count). The van der Waals surface area contributed by atoms with E-state index in [-0.39, 0.29) is 16.5 Å². The summed E-state index contributed by atoms with van der Waals surface area (Å²) in [6, 6.07) is 15.0. The molecule has 1 heterocycles. The molecule has 0 fully saturated rings. The van der Waals surface area contributed by atoms with E-state index in [2.05, 4.69) is 20.8 Å². The number of hydrogen-bond acceptors (Lipinski definition) is 4. The topological polar surface area (TPSA) is 71.8 Å². The van der Waals surface area contributed by atoms with E-state index < -0.39 is 11.7 Å². The van der Waals surface area contributed by atoms with Crippen LogP contribution in [0.15, 0.2) is 60.7 Å². The number of benzene rings is 3. The summed E-state index contributed by atoms with van der Waals surface area (Å²) in [5.41, 5.74) is 3.17. The van der Waals surface area contributed by atoms with Crippen molar-refractivity contribution >= 4 is 40.0 Å². The lowest BCUT2D eigenvalue weighted by atomic mass is 10.2. The average Bonchev–Trinajstić information content (AvgIpc) is 3.11. The Labute approximate surface area is 175 Å². The Hall–Kier alpha value is -3.72. The number of carbonyl (C=O) groups excluding carboxylic acids is 1. The minimum absolute atomic E-state index is 0.0247. The largest absolute Gasteiger partial charge is 0.332 e. The summed E-state index contributed by atoms with van der Waals surface area (Å²) in [6.07, 6.45) is 0. The van der Waals surface area contributed by atoms with Crippen LogP contribution in [0.25, 0.3) is 16.7 Å². The molecule has 0 spiro atoms. The van der Waals surface area contributed by atoms with Crippen LogP contribution in [0.3, 0.4) is 0 Å². The van der Waals surface area contributed by atoms with E-state index >= 15 is 0 Å². The number of nitrogens with zero attached hydrogens (tertiary/aromatic N) is 3. The van der Waals surface area contributed by atoms with Crippen LogP contribution in [-0.4, -0.2) is 26.0 Å². The molecule has 0 bridgehead atoms. The molecule has 30 heavy (non-hydrogen) atoms. The third kappa shape index (κ3) is 4.01. The van der Waals surface area contributed by atoms with Crippen LogP contribution in [0.1, 0.15) is 15.9 Å². The first kappa shape index (κ1) is 19.6. The fraction of sp³-hybridized carbons (Fsp3) is 0.0476. The van der Waals surface area contributed by atoms with Gasteiger partial charge in [-0.3, -0.25) is 10.1 Å². The maximum absolute atomic E-state index is 13.8. The number of hydrogen-bond donors (Lipinski definition) is 2. The van der Waals surface area contributed by atoms with E-state index in [4.69, 9.17) is 12.2 Å². The van der Waals surface area contributed by atoms with Gasteiger partial charge in [-0.1, -0.05) is 12.1 Å². The highest BCUT2D eigenvalue weighted by Crippen LogP contribution is 2.22. The summed E-state index contributed by atoms with van der Waals surface area (Å²) >= 11 is 5.19. The summed E-state index contributed by atoms with van der Waals surface area (Å²) in [5, 5.41) is 14.2. The molecule has 4 aromatic rings. The van der Waals surface area contributed by atoms with E-state index in [1.807, 2.05) is 13.0 Å². The molecule has 0 saturated heterocycles. The number of carbonyl (C=O) groups is 1. The van der Waals surface area contributed by atoms with E-state index in [1.54, 1.807) is 24.3 Å². The van der Waals surface area contributed by atoms with Crippen molar-refractivity contribution in [2.24, 2.45) is 0 Å². The first-order chi connectivity index (χ1) is 14.4. The summed E-state index contributed by atoms with van der Waals surface area (Å²) in [6.45, 7) is 1.85. The van der Waals surface area contributed by atoms with Gasteiger partial charge in [-0.15, -0.1) is 10.2 Å². The van der Waals surface area contributed by atoms with Crippen LogP contribution >= 0.6 is 12.2 Å². The lowest BCUT2D eigenvalue weighted by molar-refractivity contribution is 0.0974. The van der Waals surface area contributed by atoms with Crippen molar-refractivity contribution in [1.82, 2.24) is 20.3 Å². The van der Waals surface area contributed by atoms with E-state index in [0.717, 1.165) is 5.56 Å². The number of rotatable bonds is 3. The lowest BCUT2D eigenvalue weighted by Crippen LogP contribution is -2.34. The minimum atomic E-state index is -0.647. The molecule has 0 aliphatic heterocycles. The molecule has 1 amide bonds.